The van der Waals surface area contributed by atoms with Crippen molar-refractivity contribution in [3.8, 4) is 11.5 Å². The molecule has 5 nitrogen and oxygen atoms in total. The molecule has 1 amide bonds. The van der Waals surface area contributed by atoms with Crippen molar-refractivity contribution in [3.05, 3.63) is 23.8 Å². The van der Waals surface area contributed by atoms with E-state index in [2.05, 4.69) is 6.92 Å². The largest absolute Gasteiger partial charge is 0.497 e. The molecule has 2 rings (SSSR count). The molecule has 0 saturated carbocycles. The van der Waals surface area contributed by atoms with E-state index in [1.807, 2.05) is 12.1 Å². The van der Waals surface area contributed by atoms with Gasteiger partial charge in [0.05, 0.1) is 26.7 Å². The van der Waals surface area contributed by atoms with Crippen LogP contribution in [0.2, 0.25) is 0 Å². The molecule has 1 aromatic rings. The second-order valence-corrected chi connectivity index (χ2v) is 5.19. The Labute approximate surface area is 125 Å². The number of unbranched alkanes of at least 4 members (excludes halogenated alkanes) is 1. The van der Waals surface area contributed by atoms with E-state index in [-0.39, 0.29) is 11.8 Å². The van der Waals surface area contributed by atoms with Crippen LogP contribution in [0.15, 0.2) is 18.2 Å². The summed E-state index contributed by atoms with van der Waals surface area (Å²) in [7, 11) is 3.22. The van der Waals surface area contributed by atoms with Gasteiger partial charge in [0.2, 0.25) is 0 Å². The molecule has 116 valence electrons. The molecule has 0 spiro atoms. The number of methoxy groups -OCH3 is 2. The number of benzene rings is 1. The summed E-state index contributed by atoms with van der Waals surface area (Å²) in [5.41, 5.74) is 0.892. The molecular formula is C16H23NO4. The summed E-state index contributed by atoms with van der Waals surface area (Å²) in [5, 5.41) is 1.45. The van der Waals surface area contributed by atoms with Crippen LogP contribution in [0, 0.1) is 5.92 Å². The molecule has 1 aromatic carbocycles. The number of hydrogen-bond acceptors (Lipinski definition) is 4. The quantitative estimate of drug-likeness (QED) is 0.692. The van der Waals surface area contributed by atoms with Crippen molar-refractivity contribution in [1.29, 1.82) is 0 Å². The minimum absolute atomic E-state index is 0.0935. The number of β-lactam (4-membered cyclic amide) rings is 1. The Morgan fingerprint density at radius 3 is 2.71 bits per heavy atom. The van der Waals surface area contributed by atoms with Gasteiger partial charge in [0.15, 0.2) is 0 Å². The number of ether oxygens (including phenoxy) is 2. The number of carbonyl (C=O) groups excluding carboxylic acids is 1. The maximum Gasteiger partial charge on any atom is 0.251 e. The van der Waals surface area contributed by atoms with Gasteiger partial charge in [-0.2, -0.15) is 0 Å². The van der Waals surface area contributed by atoms with Gasteiger partial charge in [-0.3, -0.25) is 9.63 Å². The Kier molecular flexibility index (Phi) is 5.44. The normalized spacial score (nSPS) is 17.6. The minimum Gasteiger partial charge on any atom is -0.497 e. The summed E-state index contributed by atoms with van der Waals surface area (Å²) in [4.78, 5) is 17.5. The molecule has 0 N–H and O–H groups in total. The van der Waals surface area contributed by atoms with Gasteiger partial charge in [0.25, 0.3) is 5.91 Å². The van der Waals surface area contributed by atoms with Crippen LogP contribution < -0.4 is 9.47 Å². The van der Waals surface area contributed by atoms with E-state index in [9.17, 15) is 4.79 Å². The van der Waals surface area contributed by atoms with Gasteiger partial charge < -0.3 is 9.47 Å². The van der Waals surface area contributed by atoms with Crippen molar-refractivity contribution in [3.63, 3.8) is 0 Å². The fourth-order valence-electron chi connectivity index (χ4n) is 2.36. The first-order chi connectivity index (χ1) is 10.2. The maximum absolute atomic E-state index is 11.9. The fraction of sp³-hybridized carbons (Fsp3) is 0.562. The topological polar surface area (TPSA) is 48.0 Å². The van der Waals surface area contributed by atoms with E-state index in [4.69, 9.17) is 14.3 Å². The number of hydroxylamine groups is 2. The molecule has 1 atom stereocenters. The van der Waals surface area contributed by atoms with Crippen LogP contribution in [0.4, 0.5) is 0 Å². The zero-order valence-corrected chi connectivity index (χ0v) is 12.9. The fourth-order valence-corrected chi connectivity index (χ4v) is 2.36. The SMILES string of the molecule is CCCC[C@@H]1CN(OCc2ccc(OC)cc2OC)C1=O. The minimum atomic E-state index is 0.0935. The third kappa shape index (κ3) is 3.67. The van der Waals surface area contributed by atoms with Crippen molar-refractivity contribution in [1.82, 2.24) is 5.06 Å². The molecule has 0 unspecified atom stereocenters. The lowest BCUT2D eigenvalue weighted by Crippen LogP contribution is -2.51. The van der Waals surface area contributed by atoms with E-state index in [0.29, 0.717) is 18.9 Å². The van der Waals surface area contributed by atoms with Crippen LogP contribution in [-0.4, -0.2) is 31.7 Å². The van der Waals surface area contributed by atoms with Gasteiger partial charge in [0, 0.05) is 11.6 Å². The van der Waals surface area contributed by atoms with Gasteiger partial charge in [0.1, 0.15) is 18.1 Å². The van der Waals surface area contributed by atoms with Gasteiger partial charge in [-0.05, 0) is 18.6 Å². The highest BCUT2D eigenvalue weighted by Crippen LogP contribution is 2.28. The van der Waals surface area contributed by atoms with Crippen LogP contribution in [0.3, 0.4) is 0 Å². The van der Waals surface area contributed by atoms with Crippen molar-refractivity contribution in [2.75, 3.05) is 20.8 Å². The van der Waals surface area contributed by atoms with E-state index >= 15 is 0 Å². The highest BCUT2D eigenvalue weighted by atomic mass is 16.7. The molecule has 1 heterocycles. The smallest absolute Gasteiger partial charge is 0.251 e. The average molecular weight is 293 g/mol. The Hall–Kier alpha value is -1.75. The first kappa shape index (κ1) is 15.6. The van der Waals surface area contributed by atoms with Crippen LogP contribution in [-0.2, 0) is 16.2 Å². The summed E-state index contributed by atoms with van der Waals surface area (Å²) < 4.78 is 10.5. The average Bonchev–Trinajstić information content (AvgIpc) is 2.53. The lowest BCUT2D eigenvalue weighted by atomic mass is 9.95. The predicted molar refractivity (Wildman–Crippen MR) is 79.1 cm³/mol. The van der Waals surface area contributed by atoms with Gasteiger partial charge in [-0.15, -0.1) is 0 Å². The van der Waals surface area contributed by atoms with E-state index in [0.717, 1.165) is 30.6 Å². The highest BCUT2D eigenvalue weighted by Gasteiger charge is 2.37. The molecule has 0 aromatic heterocycles. The monoisotopic (exact) mass is 293 g/mol. The second-order valence-electron chi connectivity index (χ2n) is 5.19. The molecular weight excluding hydrogens is 270 g/mol. The summed E-state index contributed by atoms with van der Waals surface area (Å²) >= 11 is 0. The van der Waals surface area contributed by atoms with Crippen molar-refractivity contribution < 1.29 is 19.1 Å². The van der Waals surface area contributed by atoms with Gasteiger partial charge in [-0.25, -0.2) is 5.06 Å². The Morgan fingerprint density at radius 1 is 1.29 bits per heavy atom. The first-order valence-electron chi connectivity index (χ1n) is 7.34. The molecule has 0 radical (unpaired) electrons. The Morgan fingerprint density at radius 2 is 2.10 bits per heavy atom. The molecule has 21 heavy (non-hydrogen) atoms. The molecule has 1 aliphatic rings. The number of amides is 1. The number of carbonyl (C=O) groups is 1. The summed E-state index contributed by atoms with van der Waals surface area (Å²) in [6.07, 6.45) is 3.17. The summed E-state index contributed by atoms with van der Waals surface area (Å²) in [6, 6.07) is 5.54. The number of nitrogens with zero attached hydrogens (tertiary/aromatic N) is 1. The lowest BCUT2D eigenvalue weighted by Gasteiger charge is -2.37. The van der Waals surface area contributed by atoms with Crippen molar-refractivity contribution in [2.45, 2.75) is 32.8 Å². The standard InChI is InChI=1S/C16H23NO4/c1-4-5-6-12-10-17(16(12)18)21-11-13-7-8-14(19-2)9-15(13)20-3/h7-9,12H,4-6,10-11H2,1-3H3/t12-/m1/s1. The molecule has 0 bridgehead atoms. The predicted octanol–water partition coefficient (Wildman–Crippen LogP) is 2.78. The van der Waals surface area contributed by atoms with Crippen LogP contribution in [0.25, 0.3) is 0 Å². The van der Waals surface area contributed by atoms with Gasteiger partial charge in [-0.1, -0.05) is 19.8 Å². The van der Waals surface area contributed by atoms with E-state index < -0.39 is 0 Å². The Balaban J connectivity index is 1.85. The van der Waals surface area contributed by atoms with Crippen molar-refractivity contribution in [2.24, 2.45) is 5.92 Å². The molecule has 1 fully saturated rings. The molecule has 0 aliphatic carbocycles. The first-order valence-corrected chi connectivity index (χ1v) is 7.34. The second kappa shape index (κ2) is 7.31. The molecule has 1 saturated heterocycles. The van der Waals surface area contributed by atoms with Crippen LogP contribution in [0.1, 0.15) is 31.7 Å². The van der Waals surface area contributed by atoms with Gasteiger partial charge >= 0.3 is 0 Å². The maximum atomic E-state index is 11.9. The third-order valence-corrected chi connectivity index (χ3v) is 3.76. The zero-order chi connectivity index (χ0) is 15.2. The van der Waals surface area contributed by atoms with Crippen molar-refractivity contribution >= 4 is 5.91 Å². The van der Waals surface area contributed by atoms with Crippen LogP contribution in [0.5, 0.6) is 11.5 Å². The van der Waals surface area contributed by atoms with E-state index in [1.165, 1.54) is 5.06 Å². The molecule has 5 heteroatoms. The summed E-state index contributed by atoms with van der Waals surface area (Å²) in [6.45, 7) is 3.14. The lowest BCUT2D eigenvalue weighted by molar-refractivity contribution is -0.226. The Bertz CT molecular complexity index is 489. The van der Waals surface area contributed by atoms with Crippen LogP contribution >= 0.6 is 0 Å². The third-order valence-electron chi connectivity index (χ3n) is 3.76. The zero-order valence-electron chi connectivity index (χ0n) is 12.9. The molecule has 1 aliphatic heterocycles. The highest BCUT2D eigenvalue weighted by molar-refractivity contribution is 5.83. The van der Waals surface area contributed by atoms with E-state index in [1.54, 1.807) is 20.3 Å². The number of rotatable bonds is 8. The number of hydrogen-bond donors (Lipinski definition) is 0. The summed E-state index contributed by atoms with van der Waals surface area (Å²) in [5.74, 6) is 1.67.